The van der Waals surface area contributed by atoms with Crippen LogP contribution >= 0.6 is 0 Å². The topological polar surface area (TPSA) is 0 Å². The Morgan fingerprint density at radius 2 is 2.14 bits per heavy atom. The van der Waals surface area contributed by atoms with Crippen LogP contribution in [0.2, 0.25) is 0 Å². The molecule has 0 saturated carbocycles. The van der Waals surface area contributed by atoms with Gasteiger partial charge in [0.25, 0.3) is 0 Å². The van der Waals surface area contributed by atoms with Crippen LogP contribution in [0.3, 0.4) is 0 Å². The van der Waals surface area contributed by atoms with Crippen LogP contribution < -0.4 is 18.9 Å². The molecule has 30 valence electrons. The number of hydrogen-bond acceptors (Lipinski definition) is 0. The Bertz CT molecular complexity index is 138. The Kier molecular flexibility index (Phi) is 2.83. The molecule has 0 aliphatic rings. The van der Waals surface area contributed by atoms with E-state index in [1.54, 1.807) is 12.1 Å². The van der Waals surface area contributed by atoms with Crippen LogP contribution in [0.1, 0.15) is 1.37 Å². The van der Waals surface area contributed by atoms with E-state index in [1.807, 2.05) is 12.1 Å². The Morgan fingerprint density at radius 3 is 2.43 bits per heavy atom. The van der Waals surface area contributed by atoms with Gasteiger partial charge in [0, 0.05) is 1.37 Å². The summed E-state index contributed by atoms with van der Waals surface area (Å²) >= 11 is 0. The summed E-state index contributed by atoms with van der Waals surface area (Å²) in [6, 6.07) is 10.2. The van der Waals surface area contributed by atoms with Gasteiger partial charge in [-0.05, 0) is 0 Å². The zero-order chi connectivity index (χ0) is 5.11. The van der Waals surface area contributed by atoms with Crippen LogP contribution in [-0.4, -0.2) is 0 Å². The molecule has 0 unspecified atom stereocenters. The van der Waals surface area contributed by atoms with Crippen LogP contribution in [-0.2, 0) is 0 Å². The third-order valence-corrected chi connectivity index (χ3v) is 0.554. The summed E-state index contributed by atoms with van der Waals surface area (Å²) in [6.45, 7) is 0. The van der Waals surface area contributed by atoms with E-state index in [4.69, 9.17) is 1.37 Å². The molecular formula is C6H5Li. The van der Waals surface area contributed by atoms with Crippen molar-refractivity contribution in [2.75, 3.05) is 0 Å². The zero-order valence-corrected chi connectivity index (χ0v) is 4.31. The molecule has 0 aliphatic heterocycles. The van der Waals surface area contributed by atoms with E-state index in [-0.39, 0.29) is 18.9 Å². The minimum Gasteiger partial charge on any atom is -0.184 e. The molecule has 0 spiro atoms. The molecule has 1 heteroatoms. The van der Waals surface area contributed by atoms with Crippen LogP contribution in [0.4, 0.5) is 0 Å². The summed E-state index contributed by atoms with van der Waals surface area (Å²) in [4.78, 5) is 0. The van der Waals surface area contributed by atoms with Gasteiger partial charge in [-0.25, -0.2) is 0 Å². The van der Waals surface area contributed by atoms with Crippen LogP contribution in [0.25, 0.3) is 0 Å². The number of hydrogen-bond donors (Lipinski definition) is 0. The first-order valence-electron chi connectivity index (χ1n) is 2.33. The second-order valence-corrected chi connectivity index (χ2v) is 1.01. The van der Waals surface area contributed by atoms with Gasteiger partial charge in [-0.2, -0.15) is 36.4 Å². The molecule has 0 bridgehead atoms. The molecule has 0 atom stereocenters. The maximum Gasteiger partial charge on any atom is 1.00 e. The molecule has 1 aromatic carbocycles. The van der Waals surface area contributed by atoms with E-state index in [9.17, 15) is 0 Å². The third kappa shape index (κ3) is 2.50. The van der Waals surface area contributed by atoms with Crippen molar-refractivity contribution < 1.29 is 20.2 Å². The molecule has 0 nitrogen and oxygen atoms in total. The summed E-state index contributed by atoms with van der Waals surface area (Å²) in [6.07, 6.45) is 0. The van der Waals surface area contributed by atoms with Crippen molar-refractivity contribution in [2.24, 2.45) is 0 Å². The third-order valence-electron chi connectivity index (χ3n) is 0.554. The molecule has 1 rings (SSSR count). The Labute approximate surface area is 57.1 Å². The van der Waals surface area contributed by atoms with Crippen molar-refractivity contribution in [1.82, 2.24) is 0 Å². The first kappa shape index (κ1) is 4.96. The second-order valence-electron chi connectivity index (χ2n) is 1.01. The van der Waals surface area contributed by atoms with Crippen molar-refractivity contribution in [3.05, 3.63) is 36.4 Å². The number of benzene rings is 1. The Morgan fingerprint density at radius 1 is 1.29 bits per heavy atom. The quantitative estimate of drug-likeness (QED) is 0.265. The minimum atomic E-state index is 0. The number of rotatable bonds is 0. The van der Waals surface area contributed by atoms with E-state index in [1.165, 1.54) is 0 Å². The standard InChI is InChI=1S/C6H5.Li/c1-2-4-6-5-3-1;/h1-5H;/q-1;+1/i4D;. The van der Waals surface area contributed by atoms with Gasteiger partial charge < -0.3 is 0 Å². The fourth-order valence-electron chi connectivity index (χ4n) is 0.304. The van der Waals surface area contributed by atoms with E-state index in [0.29, 0.717) is 6.04 Å². The first-order valence-corrected chi connectivity index (χ1v) is 1.83. The van der Waals surface area contributed by atoms with Crippen LogP contribution in [0.5, 0.6) is 0 Å². The first-order chi connectivity index (χ1) is 3.39. The Balaban J connectivity index is 0.000000490. The van der Waals surface area contributed by atoms with E-state index in [0.717, 1.165) is 0 Å². The van der Waals surface area contributed by atoms with E-state index in [2.05, 4.69) is 6.07 Å². The summed E-state index contributed by atoms with van der Waals surface area (Å²) in [7, 11) is 0. The molecule has 1 aromatic rings. The Hall–Kier alpha value is -0.183. The molecule has 0 saturated heterocycles. The zero-order valence-electron chi connectivity index (χ0n) is 5.31. The average Bonchev–Trinajstić information content (AvgIpc) is 1.69. The molecule has 0 fully saturated rings. The molecular weight excluding hydrogens is 79.0 g/mol. The van der Waals surface area contributed by atoms with Gasteiger partial charge in [-0.15, -0.1) is 0 Å². The molecule has 0 amide bonds. The molecule has 0 aromatic heterocycles. The minimum absolute atomic E-state index is 0. The maximum absolute atomic E-state index is 6.94. The van der Waals surface area contributed by atoms with Gasteiger partial charge in [-0.3, -0.25) is 0 Å². The summed E-state index contributed by atoms with van der Waals surface area (Å²) < 4.78 is 6.94. The SMILES string of the molecule is [2H]c1[c-]cccc1.[Li+]. The van der Waals surface area contributed by atoms with Crippen molar-refractivity contribution >= 4 is 0 Å². The molecule has 0 aliphatic carbocycles. The molecule has 0 N–H and O–H groups in total. The average molecular weight is 85.1 g/mol. The van der Waals surface area contributed by atoms with E-state index < -0.39 is 0 Å². The fourth-order valence-corrected chi connectivity index (χ4v) is 0.304. The van der Waals surface area contributed by atoms with Crippen molar-refractivity contribution in [2.45, 2.75) is 0 Å². The van der Waals surface area contributed by atoms with Gasteiger partial charge in [0.1, 0.15) is 0 Å². The largest absolute Gasteiger partial charge is 1.00 e. The summed E-state index contributed by atoms with van der Waals surface area (Å²) in [5.41, 5.74) is 0. The molecule has 0 radical (unpaired) electrons. The fraction of sp³-hybridized carbons (Fsp3) is 0. The predicted octanol–water partition coefficient (Wildman–Crippen LogP) is -1.51. The summed E-state index contributed by atoms with van der Waals surface area (Å²) in [5, 5.41) is 0. The van der Waals surface area contributed by atoms with Crippen LogP contribution in [0, 0.1) is 6.07 Å². The predicted molar refractivity (Wildman–Crippen MR) is 25.3 cm³/mol. The summed E-state index contributed by atoms with van der Waals surface area (Å²) in [5.74, 6) is 0. The van der Waals surface area contributed by atoms with Crippen molar-refractivity contribution in [3.8, 4) is 0 Å². The molecule has 7 heavy (non-hydrogen) atoms. The smallest absolute Gasteiger partial charge is 0.184 e. The van der Waals surface area contributed by atoms with Gasteiger partial charge in [-0.1, -0.05) is 0 Å². The van der Waals surface area contributed by atoms with Crippen molar-refractivity contribution in [3.63, 3.8) is 0 Å². The van der Waals surface area contributed by atoms with Gasteiger partial charge in [0.05, 0.1) is 0 Å². The van der Waals surface area contributed by atoms with E-state index >= 15 is 0 Å². The van der Waals surface area contributed by atoms with Crippen molar-refractivity contribution in [1.29, 1.82) is 0 Å². The van der Waals surface area contributed by atoms with Gasteiger partial charge in [0.2, 0.25) is 0 Å². The normalized spacial score (nSPS) is 8.86. The van der Waals surface area contributed by atoms with Gasteiger partial charge >= 0.3 is 18.9 Å². The van der Waals surface area contributed by atoms with Crippen LogP contribution in [0.15, 0.2) is 30.3 Å². The maximum atomic E-state index is 6.94. The monoisotopic (exact) mass is 85.1 g/mol. The second kappa shape index (κ2) is 3.99. The van der Waals surface area contributed by atoms with Gasteiger partial charge in [0.15, 0.2) is 0 Å². The molecule has 0 heterocycles.